The number of sulfone groups is 1. The van der Waals surface area contributed by atoms with E-state index in [0.717, 1.165) is 12.8 Å². The number of hydrogen-bond acceptors (Lipinski definition) is 4. The number of nitrogens with zero attached hydrogens (tertiary/aromatic N) is 2. The Labute approximate surface area is 137 Å². The van der Waals surface area contributed by atoms with Crippen molar-refractivity contribution in [2.24, 2.45) is 10.9 Å². The van der Waals surface area contributed by atoms with Crippen LogP contribution < -0.4 is 4.90 Å². The molecule has 122 valence electrons. The average Bonchev–Trinajstić information content (AvgIpc) is 3.22. The number of thioether (sulfide) groups is 1. The molecule has 3 aliphatic rings. The van der Waals surface area contributed by atoms with Crippen molar-refractivity contribution in [3.63, 3.8) is 0 Å². The van der Waals surface area contributed by atoms with Crippen molar-refractivity contribution in [2.75, 3.05) is 16.4 Å². The van der Waals surface area contributed by atoms with Gasteiger partial charge in [-0.3, -0.25) is 4.79 Å². The minimum atomic E-state index is -3.09. The summed E-state index contributed by atoms with van der Waals surface area (Å²) in [5.74, 6) is -0.344. The fourth-order valence-electron chi connectivity index (χ4n) is 2.98. The molecule has 0 bridgehead atoms. The van der Waals surface area contributed by atoms with Gasteiger partial charge in [0.1, 0.15) is 5.82 Å². The van der Waals surface area contributed by atoms with Gasteiger partial charge in [0.15, 0.2) is 15.0 Å². The molecule has 1 aliphatic carbocycles. The van der Waals surface area contributed by atoms with Crippen LogP contribution in [0.25, 0.3) is 0 Å². The lowest BCUT2D eigenvalue weighted by Crippen LogP contribution is -2.37. The maximum Gasteiger partial charge on any atom is 0.251 e. The van der Waals surface area contributed by atoms with Gasteiger partial charge in [-0.15, -0.1) is 0 Å². The van der Waals surface area contributed by atoms with Crippen molar-refractivity contribution >= 4 is 38.4 Å². The monoisotopic (exact) mass is 354 g/mol. The standard InChI is InChI=1S/C15H15FN2O3S2/c16-10-3-5-11(6-4-10)18-12-7-23(20,21)8-13(12)22-15(18)17-14(19)9-1-2-9/h3-6,9,12-13H,1-2,7-8H2/t12-,13-/m0/s1. The van der Waals surface area contributed by atoms with Crippen molar-refractivity contribution in [1.29, 1.82) is 0 Å². The van der Waals surface area contributed by atoms with E-state index in [1.54, 1.807) is 17.0 Å². The van der Waals surface area contributed by atoms with Gasteiger partial charge in [0, 0.05) is 16.9 Å². The highest BCUT2D eigenvalue weighted by Gasteiger charge is 2.49. The molecule has 0 N–H and O–H groups in total. The van der Waals surface area contributed by atoms with E-state index in [9.17, 15) is 17.6 Å². The van der Waals surface area contributed by atoms with Crippen LogP contribution in [0.4, 0.5) is 10.1 Å². The number of hydrogen-bond donors (Lipinski definition) is 0. The predicted molar refractivity (Wildman–Crippen MR) is 87.9 cm³/mol. The van der Waals surface area contributed by atoms with Crippen molar-refractivity contribution in [1.82, 2.24) is 0 Å². The van der Waals surface area contributed by atoms with Crippen LogP contribution in [0.2, 0.25) is 0 Å². The number of halogens is 1. The lowest BCUT2D eigenvalue weighted by molar-refractivity contribution is -0.118. The Balaban J connectivity index is 1.71. The molecule has 23 heavy (non-hydrogen) atoms. The van der Waals surface area contributed by atoms with Crippen molar-refractivity contribution < 1.29 is 17.6 Å². The zero-order chi connectivity index (χ0) is 16.2. The molecule has 1 amide bonds. The molecule has 2 heterocycles. The fourth-order valence-corrected chi connectivity index (χ4v) is 6.90. The summed E-state index contributed by atoms with van der Waals surface area (Å²) < 4.78 is 37.0. The first-order chi connectivity index (χ1) is 10.9. The predicted octanol–water partition coefficient (Wildman–Crippen LogP) is 1.84. The third kappa shape index (κ3) is 2.89. The van der Waals surface area contributed by atoms with Crippen LogP contribution in [0.5, 0.6) is 0 Å². The van der Waals surface area contributed by atoms with E-state index < -0.39 is 9.84 Å². The highest BCUT2D eigenvalue weighted by atomic mass is 32.2. The second kappa shape index (κ2) is 5.31. The van der Waals surface area contributed by atoms with Gasteiger partial charge in [0.2, 0.25) is 0 Å². The van der Waals surface area contributed by atoms with Crippen LogP contribution in [0, 0.1) is 11.7 Å². The smallest absolute Gasteiger partial charge is 0.251 e. The van der Waals surface area contributed by atoms with E-state index in [1.165, 1.54) is 23.9 Å². The Hall–Kier alpha value is -1.41. The molecular formula is C15H15FN2O3S2. The minimum absolute atomic E-state index is 0.0161. The molecule has 2 saturated heterocycles. The molecule has 0 radical (unpaired) electrons. The van der Waals surface area contributed by atoms with Gasteiger partial charge in [-0.05, 0) is 37.1 Å². The normalized spacial score (nSPS) is 30.7. The Kier molecular flexibility index (Phi) is 3.49. The number of fused-ring (bicyclic) bond motifs is 1. The van der Waals surface area contributed by atoms with Crippen LogP contribution in [-0.4, -0.2) is 42.3 Å². The Morgan fingerprint density at radius 2 is 1.91 bits per heavy atom. The molecule has 1 aromatic carbocycles. The maximum atomic E-state index is 13.2. The van der Waals surface area contributed by atoms with E-state index in [1.807, 2.05) is 0 Å². The summed E-state index contributed by atoms with van der Waals surface area (Å²) in [5.41, 5.74) is 0.672. The van der Waals surface area contributed by atoms with Crippen molar-refractivity contribution in [3.8, 4) is 0 Å². The van der Waals surface area contributed by atoms with E-state index >= 15 is 0 Å². The number of carbonyl (C=O) groups excluding carboxylic acids is 1. The van der Waals surface area contributed by atoms with Crippen LogP contribution >= 0.6 is 11.8 Å². The van der Waals surface area contributed by atoms with E-state index in [-0.39, 0.29) is 40.4 Å². The third-order valence-electron chi connectivity index (χ3n) is 4.30. The number of aliphatic imine (C=N–C) groups is 1. The first-order valence-corrected chi connectivity index (χ1v) is 10.2. The van der Waals surface area contributed by atoms with Gasteiger partial charge in [0.25, 0.3) is 5.91 Å². The molecule has 3 fully saturated rings. The van der Waals surface area contributed by atoms with E-state index in [2.05, 4.69) is 4.99 Å². The Bertz CT molecular complexity index is 787. The topological polar surface area (TPSA) is 66.8 Å². The van der Waals surface area contributed by atoms with Gasteiger partial charge in [-0.2, -0.15) is 4.99 Å². The van der Waals surface area contributed by atoms with Gasteiger partial charge >= 0.3 is 0 Å². The first kappa shape index (κ1) is 15.1. The molecule has 2 atom stereocenters. The molecule has 8 heteroatoms. The molecule has 2 aliphatic heterocycles. The van der Waals surface area contributed by atoms with Gasteiger partial charge in [0.05, 0.1) is 17.5 Å². The van der Waals surface area contributed by atoms with Crippen LogP contribution in [0.15, 0.2) is 29.3 Å². The highest BCUT2D eigenvalue weighted by molar-refractivity contribution is 8.16. The first-order valence-electron chi connectivity index (χ1n) is 7.47. The van der Waals surface area contributed by atoms with E-state index in [4.69, 9.17) is 0 Å². The number of anilines is 1. The number of amides is 1. The lowest BCUT2D eigenvalue weighted by atomic mass is 10.2. The van der Waals surface area contributed by atoms with Crippen LogP contribution in [-0.2, 0) is 14.6 Å². The van der Waals surface area contributed by atoms with Gasteiger partial charge in [-0.1, -0.05) is 11.8 Å². The fraction of sp³-hybridized carbons (Fsp3) is 0.467. The van der Waals surface area contributed by atoms with E-state index in [0.29, 0.717) is 10.9 Å². The van der Waals surface area contributed by atoms with Crippen molar-refractivity contribution in [3.05, 3.63) is 30.1 Å². The summed E-state index contributed by atoms with van der Waals surface area (Å²) in [5, 5.41) is 0.411. The van der Waals surface area contributed by atoms with Gasteiger partial charge in [-0.25, -0.2) is 12.8 Å². The molecule has 5 nitrogen and oxygen atoms in total. The molecule has 1 aromatic rings. The number of rotatable bonds is 2. The summed E-state index contributed by atoms with van der Waals surface area (Å²) in [4.78, 5) is 18.1. The number of carbonyl (C=O) groups is 1. The summed E-state index contributed by atoms with van der Waals surface area (Å²) in [7, 11) is -3.09. The third-order valence-corrected chi connectivity index (χ3v) is 7.51. The molecule has 1 saturated carbocycles. The Morgan fingerprint density at radius 3 is 2.57 bits per heavy atom. The second-order valence-electron chi connectivity index (χ2n) is 6.15. The van der Waals surface area contributed by atoms with Crippen molar-refractivity contribution in [2.45, 2.75) is 24.1 Å². The molecule has 0 aromatic heterocycles. The summed E-state index contributed by atoms with van der Waals surface area (Å²) in [6, 6.07) is 5.61. The summed E-state index contributed by atoms with van der Waals surface area (Å²) >= 11 is 1.35. The minimum Gasteiger partial charge on any atom is -0.316 e. The zero-order valence-electron chi connectivity index (χ0n) is 12.2. The van der Waals surface area contributed by atoms with Crippen LogP contribution in [0.3, 0.4) is 0 Å². The summed E-state index contributed by atoms with van der Waals surface area (Å²) in [6.45, 7) is 0. The number of benzene rings is 1. The second-order valence-corrected chi connectivity index (χ2v) is 9.51. The van der Waals surface area contributed by atoms with Crippen LogP contribution in [0.1, 0.15) is 12.8 Å². The maximum absolute atomic E-state index is 13.2. The molecular weight excluding hydrogens is 339 g/mol. The average molecular weight is 354 g/mol. The SMILES string of the molecule is O=C(N=C1S[C@H]2CS(=O)(=O)C[C@@H]2N1c1ccc(F)cc1)C1CC1. The number of amidine groups is 1. The quantitative estimate of drug-likeness (QED) is 0.811. The Morgan fingerprint density at radius 1 is 1.22 bits per heavy atom. The highest BCUT2D eigenvalue weighted by Crippen LogP contribution is 2.41. The largest absolute Gasteiger partial charge is 0.316 e. The van der Waals surface area contributed by atoms with Gasteiger partial charge < -0.3 is 4.90 Å². The lowest BCUT2D eigenvalue weighted by Gasteiger charge is -2.24. The molecule has 0 unspecified atom stereocenters. The summed E-state index contributed by atoms with van der Waals surface area (Å²) in [6.07, 6.45) is 1.75. The molecule has 0 spiro atoms. The zero-order valence-corrected chi connectivity index (χ0v) is 13.8. The molecule has 4 rings (SSSR count).